The van der Waals surface area contributed by atoms with Crippen LogP contribution in [0.2, 0.25) is 0 Å². The number of amides is 1. The van der Waals surface area contributed by atoms with E-state index in [4.69, 9.17) is 0 Å². The third-order valence-corrected chi connectivity index (χ3v) is 3.81. The number of benzene rings is 1. The fourth-order valence-corrected chi connectivity index (χ4v) is 2.56. The van der Waals surface area contributed by atoms with Crippen molar-refractivity contribution in [1.82, 2.24) is 9.80 Å². The van der Waals surface area contributed by atoms with Crippen molar-refractivity contribution in [2.24, 2.45) is 0 Å². The molecule has 1 fully saturated rings. The Morgan fingerprint density at radius 2 is 2.16 bits per heavy atom. The van der Waals surface area contributed by atoms with Gasteiger partial charge in [-0.25, -0.2) is 4.79 Å². The Balaban J connectivity index is 2.09. The van der Waals surface area contributed by atoms with Gasteiger partial charge < -0.3 is 10.0 Å². The highest BCUT2D eigenvalue weighted by Gasteiger charge is 2.47. The van der Waals surface area contributed by atoms with E-state index in [-0.39, 0.29) is 0 Å². The van der Waals surface area contributed by atoms with Crippen molar-refractivity contribution in [1.29, 1.82) is 0 Å². The van der Waals surface area contributed by atoms with E-state index in [1.54, 1.807) is 0 Å². The maximum atomic E-state index is 11.5. The summed E-state index contributed by atoms with van der Waals surface area (Å²) in [6, 6.07) is 9.92. The Hall–Kier alpha value is -1.88. The Kier molecular flexibility index (Phi) is 3.85. The van der Waals surface area contributed by atoms with E-state index in [1.165, 1.54) is 11.9 Å². The van der Waals surface area contributed by atoms with Crippen molar-refractivity contribution >= 4 is 12.4 Å². The minimum Gasteiger partial charge on any atom is -0.479 e. The summed E-state index contributed by atoms with van der Waals surface area (Å²) < 4.78 is 0. The molecule has 0 aliphatic carbocycles. The zero-order chi connectivity index (χ0) is 13.9. The summed E-state index contributed by atoms with van der Waals surface area (Å²) in [5.74, 6) is -0.933. The van der Waals surface area contributed by atoms with Crippen molar-refractivity contribution in [3.63, 3.8) is 0 Å². The summed E-state index contributed by atoms with van der Waals surface area (Å²) in [4.78, 5) is 25.8. The number of hydrogen-bond donors (Lipinski definition) is 1. The molecular weight excluding hydrogens is 244 g/mol. The molecule has 19 heavy (non-hydrogen) atoms. The molecule has 1 aromatic rings. The number of aliphatic carboxylic acids is 1. The van der Waals surface area contributed by atoms with Gasteiger partial charge >= 0.3 is 5.97 Å². The SMILES string of the molecule is CN(C=O)C1(C(=O)O)CCN(Cc2ccccc2)C1. The van der Waals surface area contributed by atoms with Crippen LogP contribution in [0.25, 0.3) is 0 Å². The number of likely N-dealkylation sites (N-methyl/N-ethyl adjacent to an activating group) is 1. The minimum absolute atomic E-state index is 0.368. The Labute approximate surface area is 112 Å². The van der Waals surface area contributed by atoms with Gasteiger partial charge in [0.1, 0.15) is 0 Å². The highest BCUT2D eigenvalue weighted by Crippen LogP contribution is 2.27. The average molecular weight is 262 g/mol. The number of carboxylic acid groups (broad SMARTS) is 1. The molecule has 1 amide bonds. The van der Waals surface area contributed by atoms with Crippen molar-refractivity contribution < 1.29 is 14.7 Å². The molecule has 1 heterocycles. The number of likely N-dealkylation sites (tertiary alicyclic amines) is 1. The fraction of sp³-hybridized carbons (Fsp3) is 0.429. The van der Waals surface area contributed by atoms with Crippen LogP contribution in [0.5, 0.6) is 0 Å². The number of carbonyl (C=O) groups excluding carboxylic acids is 1. The van der Waals surface area contributed by atoms with E-state index in [0.29, 0.717) is 32.5 Å². The first-order chi connectivity index (χ1) is 9.08. The number of rotatable bonds is 5. The maximum absolute atomic E-state index is 11.5. The lowest BCUT2D eigenvalue weighted by Gasteiger charge is -2.32. The quantitative estimate of drug-likeness (QED) is 0.798. The largest absolute Gasteiger partial charge is 0.479 e. The second-order valence-corrected chi connectivity index (χ2v) is 5.00. The molecule has 5 heteroatoms. The summed E-state index contributed by atoms with van der Waals surface area (Å²) >= 11 is 0. The zero-order valence-electron chi connectivity index (χ0n) is 11.0. The molecule has 0 radical (unpaired) electrons. The normalized spacial score (nSPS) is 23.2. The highest BCUT2D eigenvalue weighted by molar-refractivity contribution is 5.82. The minimum atomic E-state index is -1.09. The van der Waals surface area contributed by atoms with Crippen molar-refractivity contribution in [3.05, 3.63) is 35.9 Å². The molecule has 0 aromatic heterocycles. The lowest BCUT2D eigenvalue weighted by Crippen LogP contribution is -2.54. The summed E-state index contributed by atoms with van der Waals surface area (Å²) in [6.45, 7) is 1.76. The first kappa shape index (κ1) is 13.5. The second kappa shape index (κ2) is 5.40. The zero-order valence-corrected chi connectivity index (χ0v) is 11.0. The number of carbonyl (C=O) groups is 2. The Morgan fingerprint density at radius 1 is 1.47 bits per heavy atom. The number of hydrogen-bond acceptors (Lipinski definition) is 3. The van der Waals surface area contributed by atoms with Crippen LogP contribution in [0.3, 0.4) is 0 Å². The van der Waals surface area contributed by atoms with Gasteiger partial charge in [-0.1, -0.05) is 30.3 Å². The number of nitrogens with zero attached hydrogens (tertiary/aromatic N) is 2. The predicted molar refractivity (Wildman–Crippen MR) is 70.5 cm³/mol. The van der Waals surface area contributed by atoms with Gasteiger partial charge in [0.05, 0.1) is 0 Å². The van der Waals surface area contributed by atoms with Gasteiger partial charge in [0, 0.05) is 26.7 Å². The molecule has 1 aliphatic rings. The standard InChI is InChI=1S/C14H18N2O3/c1-15(11-17)14(13(18)19)7-8-16(10-14)9-12-5-3-2-4-6-12/h2-6,11H,7-10H2,1H3,(H,18,19). The summed E-state index contributed by atoms with van der Waals surface area (Å²) in [6.07, 6.45) is 1.06. The van der Waals surface area contributed by atoms with Crippen LogP contribution in [-0.2, 0) is 16.1 Å². The molecule has 1 atom stereocenters. The first-order valence-electron chi connectivity index (χ1n) is 6.26. The van der Waals surface area contributed by atoms with E-state index in [1.807, 2.05) is 30.3 Å². The van der Waals surface area contributed by atoms with Crippen LogP contribution in [0.4, 0.5) is 0 Å². The smallest absolute Gasteiger partial charge is 0.331 e. The molecule has 1 saturated heterocycles. The average Bonchev–Trinajstić information content (AvgIpc) is 2.84. The van der Waals surface area contributed by atoms with E-state index >= 15 is 0 Å². The molecule has 1 N–H and O–H groups in total. The van der Waals surface area contributed by atoms with E-state index < -0.39 is 11.5 Å². The maximum Gasteiger partial charge on any atom is 0.331 e. The van der Waals surface area contributed by atoms with E-state index in [9.17, 15) is 14.7 Å². The van der Waals surface area contributed by atoms with Crippen LogP contribution in [0.15, 0.2) is 30.3 Å². The molecule has 1 aliphatic heterocycles. The third kappa shape index (κ3) is 2.61. The van der Waals surface area contributed by atoms with Crippen LogP contribution < -0.4 is 0 Å². The second-order valence-electron chi connectivity index (χ2n) is 5.00. The van der Waals surface area contributed by atoms with Crippen molar-refractivity contribution in [2.75, 3.05) is 20.1 Å². The Morgan fingerprint density at radius 3 is 2.74 bits per heavy atom. The van der Waals surface area contributed by atoms with E-state index in [2.05, 4.69) is 4.90 Å². The van der Waals surface area contributed by atoms with Gasteiger partial charge in [0.2, 0.25) is 6.41 Å². The molecule has 2 rings (SSSR count). The summed E-state index contributed by atoms with van der Waals surface area (Å²) in [7, 11) is 1.53. The topological polar surface area (TPSA) is 60.9 Å². The molecule has 0 saturated carbocycles. The summed E-state index contributed by atoms with van der Waals surface area (Å²) in [5.41, 5.74) is 0.0636. The molecule has 102 valence electrons. The predicted octanol–water partition coefficient (Wildman–Crippen LogP) is 0.804. The molecule has 0 spiro atoms. The molecule has 5 nitrogen and oxygen atoms in total. The van der Waals surface area contributed by atoms with Crippen LogP contribution in [-0.4, -0.2) is 53.0 Å². The van der Waals surface area contributed by atoms with Gasteiger partial charge in [-0.2, -0.15) is 0 Å². The highest BCUT2D eigenvalue weighted by atomic mass is 16.4. The molecule has 1 unspecified atom stereocenters. The summed E-state index contributed by atoms with van der Waals surface area (Å²) in [5, 5.41) is 9.42. The Bertz CT molecular complexity index is 463. The van der Waals surface area contributed by atoms with Crippen molar-refractivity contribution in [2.45, 2.75) is 18.5 Å². The van der Waals surface area contributed by atoms with Gasteiger partial charge in [0.15, 0.2) is 5.54 Å². The van der Waals surface area contributed by atoms with Gasteiger partial charge in [-0.3, -0.25) is 9.69 Å². The number of carboxylic acids is 1. The monoisotopic (exact) mass is 262 g/mol. The van der Waals surface area contributed by atoms with Crippen LogP contribution >= 0.6 is 0 Å². The lowest BCUT2D eigenvalue weighted by atomic mass is 9.97. The van der Waals surface area contributed by atoms with Crippen LogP contribution in [0, 0.1) is 0 Å². The van der Waals surface area contributed by atoms with E-state index in [0.717, 1.165) is 5.56 Å². The molecular formula is C14H18N2O3. The molecule has 1 aromatic carbocycles. The van der Waals surface area contributed by atoms with Crippen molar-refractivity contribution in [3.8, 4) is 0 Å². The third-order valence-electron chi connectivity index (χ3n) is 3.81. The van der Waals surface area contributed by atoms with Gasteiger partial charge in [-0.15, -0.1) is 0 Å². The molecule has 0 bridgehead atoms. The van der Waals surface area contributed by atoms with Crippen LogP contribution in [0.1, 0.15) is 12.0 Å². The first-order valence-corrected chi connectivity index (χ1v) is 6.26. The fourth-order valence-electron chi connectivity index (χ4n) is 2.56. The lowest BCUT2D eigenvalue weighted by molar-refractivity contribution is -0.153. The van der Waals surface area contributed by atoms with Gasteiger partial charge in [-0.05, 0) is 12.0 Å². The van der Waals surface area contributed by atoms with Gasteiger partial charge in [0.25, 0.3) is 0 Å².